The molecule has 17 nitrogen and oxygen atoms in total. The molecule has 0 bridgehead atoms. The summed E-state index contributed by atoms with van der Waals surface area (Å²) in [6.45, 7) is 4.44. The van der Waals surface area contributed by atoms with Gasteiger partial charge in [0.25, 0.3) is 0 Å². The number of tetrazole rings is 1. The van der Waals surface area contributed by atoms with E-state index in [2.05, 4.69) is 59.9 Å². The Morgan fingerprint density at radius 1 is 1.06 bits per heavy atom. The van der Waals surface area contributed by atoms with Gasteiger partial charge in [-0.3, -0.25) is 15.3 Å². The monoisotopic (exact) mass is 729 g/mol. The Kier molecular flexibility index (Phi) is 15.7. The third kappa shape index (κ3) is 12.0. The van der Waals surface area contributed by atoms with E-state index in [1.54, 1.807) is 14.2 Å². The van der Waals surface area contributed by atoms with Crippen molar-refractivity contribution < 1.29 is 48.5 Å². The van der Waals surface area contributed by atoms with Gasteiger partial charge in [-0.25, -0.2) is 9.89 Å². The van der Waals surface area contributed by atoms with E-state index >= 15 is 0 Å². The number of carbonyl (C=O) groups excluding carboxylic acids is 1. The van der Waals surface area contributed by atoms with E-state index in [0.29, 0.717) is 57.9 Å². The van der Waals surface area contributed by atoms with Crippen LogP contribution in [0.3, 0.4) is 0 Å². The van der Waals surface area contributed by atoms with Gasteiger partial charge in [0.05, 0.1) is 50.7 Å². The summed E-state index contributed by atoms with van der Waals surface area (Å²) in [5.41, 5.74) is 3.26. The normalized spacial score (nSPS) is 19.2. The Bertz CT molecular complexity index is 1470. The third-order valence-corrected chi connectivity index (χ3v) is 9.23. The lowest BCUT2D eigenvalue weighted by molar-refractivity contribution is -0.492. The van der Waals surface area contributed by atoms with Gasteiger partial charge in [0.15, 0.2) is 11.9 Å². The molecule has 2 aromatic carbocycles. The van der Waals surface area contributed by atoms with Gasteiger partial charge >= 0.3 is 6.16 Å². The average molecular weight is 730 g/mol. The number of H-pyrrole nitrogens is 1. The van der Waals surface area contributed by atoms with Crippen LogP contribution in [-0.4, -0.2) is 115 Å². The lowest BCUT2D eigenvalue weighted by Crippen LogP contribution is -2.47. The topological polar surface area (TPSA) is 195 Å². The number of aromatic nitrogens is 4. The van der Waals surface area contributed by atoms with Crippen molar-refractivity contribution in [2.24, 2.45) is 0 Å². The van der Waals surface area contributed by atoms with Crippen LogP contribution < -0.4 is 19.7 Å². The Morgan fingerprint density at radius 3 is 2.63 bits per heavy atom. The lowest BCUT2D eigenvalue weighted by Gasteiger charge is -2.38. The molecule has 2 aliphatic heterocycles. The van der Waals surface area contributed by atoms with Gasteiger partial charge in [-0.2, -0.15) is 0 Å². The van der Waals surface area contributed by atoms with Crippen molar-refractivity contribution in [3.05, 3.63) is 59.4 Å². The van der Waals surface area contributed by atoms with Crippen LogP contribution in [0, 0.1) is 0 Å². The summed E-state index contributed by atoms with van der Waals surface area (Å²) in [4.78, 5) is 19.6. The van der Waals surface area contributed by atoms with Gasteiger partial charge in [-0.15, -0.1) is 5.10 Å². The minimum Gasteiger partial charge on any atom is -0.497 e. The van der Waals surface area contributed by atoms with Crippen molar-refractivity contribution in [2.45, 2.75) is 75.7 Å². The first-order valence-corrected chi connectivity index (χ1v) is 17.8. The van der Waals surface area contributed by atoms with Crippen LogP contribution in [0.2, 0.25) is 0 Å². The second-order valence-corrected chi connectivity index (χ2v) is 12.8. The molecule has 286 valence electrons. The number of carbonyl (C=O) groups is 1. The van der Waals surface area contributed by atoms with Crippen LogP contribution >= 0.6 is 0 Å². The summed E-state index contributed by atoms with van der Waals surface area (Å²) in [6.07, 6.45) is 3.10. The Balaban J connectivity index is 1.19. The molecule has 0 saturated carbocycles. The van der Waals surface area contributed by atoms with E-state index < -0.39 is 12.3 Å². The summed E-state index contributed by atoms with van der Waals surface area (Å²) >= 11 is 0. The molecular formula is C35H51N7O10. The Hall–Kier alpha value is -4.10. The zero-order chi connectivity index (χ0) is 36.5. The molecule has 1 aromatic heterocycles. The summed E-state index contributed by atoms with van der Waals surface area (Å²) in [6, 6.07) is 14.2. The molecule has 0 radical (unpaired) electrons. The van der Waals surface area contributed by atoms with Gasteiger partial charge in [0.2, 0.25) is 0 Å². The lowest BCUT2D eigenvalue weighted by atomic mass is 9.82. The molecule has 0 amide bonds. The second-order valence-electron chi connectivity index (χ2n) is 12.8. The van der Waals surface area contributed by atoms with Crippen molar-refractivity contribution in [3.63, 3.8) is 0 Å². The van der Waals surface area contributed by atoms with Gasteiger partial charge < -0.3 is 38.6 Å². The summed E-state index contributed by atoms with van der Waals surface area (Å²) in [5, 5.41) is 34.6. The molecule has 4 atom stereocenters. The van der Waals surface area contributed by atoms with Crippen LogP contribution in [0.4, 0.5) is 10.5 Å². The van der Waals surface area contributed by atoms with Crippen LogP contribution in [0.1, 0.15) is 73.9 Å². The molecule has 17 heteroatoms. The number of nitrogens with one attached hydrogen (secondary N) is 2. The first-order valence-electron chi connectivity index (χ1n) is 17.8. The maximum atomic E-state index is 12.7. The number of nitrogens with zero attached hydrogens (tertiary/aromatic N) is 5. The van der Waals surface area contributed by atoms with Gasteiger partial charge in [-0.1, -0.05) is 24.6 Å². The number of piperidine rings is 1. The average Bonchev–Trinajstić information content (AvgIpc) is 3.71. The molecule has 2 aliphatic rings. The van der Waals surface area contributed by atoms with E-state index in [0.717, 1.165) is 60.7 Å². The number of anilines is 1. The number of fused-ring (bicyclic) bond motifs is 1. The maximum absolute atomic E-state index is 12.7. The predicted molar refractivity (Wildman–Crippen MR) is 185 cm³/mol. The molecule has 0 aliphatic carbocycles. The van der Waals surface area contributed by atoms with Crippen LogP contribution in [-0.2, 0) is 30.4 Å². The number of ether oxygens (including phenoxy) is 6. The number of rotatable bonds is 21. The van der Waals surface area contributed by atoms with Gasteiger partial charge in [-0.05, 0) is 77.9 Å². The molecule has 4 N–H and O–H groups in total. The Morgan fingerprint density at radius 2 is 1.88 bits per heavy atom. The van der Waals surface area contributed by atoms with Crippen molar-refractivity contribution in [1.29, 1.82) is 0 Å². The quantitative estimate of drug-likeness (QED) is 0.0687. The summed E-state index contributed by atoms with van der Waals surface area (Å²) in [7, 11) is 3.37. The zero-order valence-electron chi connectivity index (χ0n) is 29.9. The molecule has 3 heterocycles. The smallest absolute Gasteiger partial charge is 0.497 e. The molecule has 4 unspecified atom stereocenters. The van der Waals surface area contributed by atoms with E-state index in [-0.39, 0.29) is 36.7 Å². The number of hydrogen-bond acceptors (Lipinski definition) is 16. The van der Waals surface area contributed by atoms with Crippen molar-refractivity contribution in [3.8, 4) is 11.5 Å². The molecule has 1 saturated heterocycles. The van der Waals surface area contributed by atoms with E-state index in [9.17, 15) is 4.79 Å². The largest absolute Gasteiger partial charge is 0.508 e. The number of methoxy groups -OCH3 is 2. The summed E-state index contributed by atoms with van der Waals surface area (Å²) in [5.74, 6) is 2.02. The first kappa shape index (κ1) is 39.1. The van der Waals surface area contributed by atoms with Gasteiger partial charge in [0, 0.05) is 45.2 Å². The molecule has 0 spiro atoms. The highest BCUT2D eigenvalue weighted by molar-refractivity contribution is 5.61. The molecule has 1 fully saturated rings. The fourth-order valence-electron chi connectivity index (χ4n) is 6.55. The first-order chi connectivity index (χ1) is 25.4. The predicted octanol–water partition coefficient (Wildman–Crippen LogP) is 4.33. The minimum absolute atomic E-state index is 0.0346. The minimum atomic E-state index is -0.808. The number of benzene rings is 2. The fourth-order valence-corrected chi connectivity index (χ4v) is 6.55. The second kappa shape index (κ2) is 20.8. The highest BCUT2D eigenvalue weighted by atomic mass is 17.1. The zero-order valence-corrected chi connectivity index (χ0v) is 29.9. The third-order valence-electron chi connectivity index (χ3n) is 9.23. The standard InChI is InChI=1S/C35H51N7O10/c1-46-16-7-14-41-15-19-48-31-13-8-25(20-30(31)41)24-50-33-23-36-27(21-29(33)26-9-11-28(47-2)12-10-26)22-32(34-37-39-40-38-34)52-35(43)49-17-5-3-4-6-18-51-42(44)45/h8-13,20,27,29,32-33,36,44-45H,3-7,14-19,21-24H2,1-2H3,(H,37,38,39,40). The Labute approximate surface area is 303 Å². The van der Waals surface area contributed by atoms with E-state index in [1.807, 2.05) is 18.2 Å². The van der Waals surface area contributed by atoms with Crippen molar-refractivity contribution in [2.75, 3.05) is 65.2 Å². The molecule has 52 heavy (non-hydrogen) atoms. The molecular weight excluding hydrogens is 678 g/mol. The molecule has 5 rings (SSSR count). The van der Waals surface area contributed by atoms with Gasteiger partial charge in [0.1, 0.15) is 18.1 Å². The van der Waals surface area contributed by atoms with Crippen LogP contribution in [0.5, 0.6) is 11.5 Å². The number of unbranched alkanes of at least 4 members (excludes halogenated alkanes) is 3. The SMILES string of the molecule is COCCCN1CCOc2ccc(COC3CNC(CC(OC(=O)OCCCCCCON(O)O)c4nnn[nH]4)CC3c3ccc(OC)cc3)cc21. The number of hydrogen-bond donors (Lipinski definition) is 4. The highest BCUT2D eigenvalue weighted by Gasteiger charge is 2.35. The van der Waals surface area contributed by atoms with Crippen LogP contribution in [0.15, 0.2) is 42.5 Å². The maximum Gasteiger partial charge on any atom is 0.508 e. The van der Waals surface area contributed by atoms with Crippen molar-refractivity contribution >= 4 is 11.8 Å². The van der Waals surface area contributed by atoms with E-state index in [4.69, 9.17) is 38.8 Å². The fraction of sp³-hybridized carbons (Fsp3) is 0.600. The molecule has 3 aromatic rings. The summed E-state index contributed by atoms with van der Waals surface area (Å²) < 4.78 is 34.4. The number of aromatic amines is 1. The van der Waals surface area contributed by atoms with Crippen molar-refractivity contribution in [1.82, 2.24) is 31.3 Å². The van der Waals surface area contributed by atoms with Crippen LogP contribution in [0.25, 0.3) is 0 Å². The van der Waals surface area contributed by atoms with E-state index in [1.165, 1.54) is 0 Å². The highest BCUT2D eigenvalue weighted by Crippen LogP contribution is 2.36.